The number of carbonyl (C=O) groups excluding carboxylic acids is 2. The van der Waals surface area contributed by atoms with Crippen LogP contribution in [0.2, 0.25) is 0 Å². The summed E-state index contributed by atoms with van der Waals surface area (Å²) in [6.07, 6.45) is -10.1. The molecule has 29 heavy (non-hydrogen) atoms. The maximum Gasteiger partial charge on any atom is 0.416 e. The Balaban J connectivity index is 2.02. The van der Waals surface area contributed by atoms with Gasteiger partial charge in [-0.1, -0.05) is 0 Å². The molecule has 1 aliphatic rings. The number of alkyl halides is 6. The third kappa shape index (κ3) is 5.62. The number of nitrogens with zero attached hydrogens (tertiary/aromatic N) is 1. The monoisotopic (exact) mass is 425 g/mol. The number of anilines is 1. The average molecular weight is 425 g/mol. The highest BCUT2D eigenvalue weighted by Crippen LogP contribution is 2.37. The Hall–Kier alpha value is -2.30. The normalized spacial score (nSPS) is 15.8. The zero-order valence-corrected chi connectivity index (χ0v) is 15.7. The molecule has 1 aromatic rings. The summed E-state index contributed by atoms with van der Waals surface area (Å²) in [5, 5.41) is 2.09. The lowest BCUT2D eigenvalue weighted by Crippen LogP contribution is -2.56. The van der Waals surface area contributed by atoms with Crippen molar-refractivity contribution in [2.75, 3.05) is 25.0 Å². The van der Waals surface area contributed by atoms with Gasteiger partial charge in [0.05, 0.1) is 16.5 Å². The van der Waals surface area contributed by atoms with E-state index in [0.29, 0.717) is 12.1 Å². The van der Waals surface area contributed by atoms with Crippen LogP contribution in [0.25, 0.3) is 0 Å². The van der Waals surface area contributed by atoms with Crippen LogP contribution in [0.5, 0.6) is 0 Å². The van der Waals surface area contributed by atoms with E-state index in [1.807, 2.05) is 0 Å². The lowest BCUT2D eigenvalue weighted by molar-refractivity contribution is -0.147. The third-order valence-electron chi connectivity index (χ3n) is 4.68. The van der Waals surface area contributed by atoms with Crippen molar-refractivity contribution in [2.45, 2.75) is 32.6 Å². The molecule has 0 saturated carbocycles. The van der Waals surface area contributed by atoms with Crippen LogP contribution in [0.1, 0.15) is 31.4 Å². The highest BCUT2D eigenvalue weighted by molar-refractivity contribution is 5.91. The van der Waals surface area contributed by atoms with E-state index in [-0.39, 0.29) is 43.9 Å². The standard InChI is InChI=1S/C18H21F6N3O2/c1-16(2,9-25)15(29)27-7-10(8-27)3-14(28)26-13-5-11(17(19,20)21)4-12(6-13)18(22,23)24/h4-6,10H,3,7-9,25H2,1-2H3,(H,26,28). The molecule has 3 N–H and O–H groups in total. The minimum atomic E-state index is -4.99. The molecule has 1 aliphatic heterocycles. The molecule has 1 saturated heterocycles. The molecule has 2 amide bonds. The smallest absolute Gasteiger partial charge is 0.341 e. The van der Waals surface area contributed by atoms with Crippen LogP contribution >= 0.6 is 0 Å². The number of hydrogen-bond acceptors (Lipinski definition) is 3. The van der Waals surface area contributed by atoms with Gasteiger partial charge in [-0.15, -0.1) is 0 Å². The summed E-state index contributed by atoms with van der Waals surface area (Å²) < 4.78 is 77.2. The zero-order valence-electron chi connectivity index (χ0n) is 15.7. The molecule has 1 heterocycles. The number of carbonyl (C=O) groups is 2. The van der Waals surface area contributed by atoms with Gasteiger partial charge < -0.3 is 16.0 Å². The SMILES string of the molecule is CC(C)(CN)C(=O)N1CC(CC(=O)Nc2cc(C(F)(F)F)cc(C(F)(F)F)c2)C1. The largest absolute Gasteiger partial charge is 0.416 e. The van der Waals surface area contributed by atoms with E-state index in [2.05, 4.69) is 5.32 Å². The zero-order chi connectivity index (χ0) is 22.2. The van der Waals surface area contributed by atoms with Crippen LogP contribution < -0.4 is 11.1 Å². The summed E-state index contributed by atoms with van der Waals surface area (Å²) in [6, 6.07) is 0.894. The minimum Gasteiger partial charge on any atom is -0.341 e. The van der Waals surface area contributed by atoms with E-state index >= 15 is 0 Å². The summed E-state index contributed by atoms with van der Waals surface area (Å²) in [5.74, 6) is -1.14. The van der Waals surface area contributed by atoms with Gasteiger partial charge in [0.15, 0.2) is 0 Å². The van der Waals surface area contributed by atoms with Gasteiger partial charge >= 0.3 is 12.4 Å². The van der Waals surface area contributed by atoms with Gasteiger partial charge in [-0.3, -0.25) is 9.59 Å². The van der Waals surface area contributed by atoms with Gasteiger partial charge in [-0.05, 0) is 32.0 Å². The second-order valence-corrected chi connectivity index (χ2v) is 7.71. The van der Waals surface area contributed by atoms with Gasteiger partial charge in [0, 0.05) is 37.7 Å². The van der Waals surface area contributed by atoms with Crippen molar-refractivity contribution in [1.29, 1.82) is 0 Å². The number of hydrogen-bond donors (Lipinski definition) is 2. The van der Waals surface area contributed by atoms with E-state index in [0.717, 1.165) is 0 Å². The predicted molar refractivity (Wildman–Crippen MR) is 92.6 cm³/mol. The van der Waals surface area contributed by atoms with Crippen molar-refractivity contribution < 1.29 is 35.9 Å². The number of rotatable bonds is 5. The highest BCUT2D eigenvalue weighted by Gasteiger charge is 2.39. The van der Waals surface area contributed by atoms with Gasteiger partial charge in [0.2, 0.25) is 11.8 Å². The molecule has 1 fully saturated rings. The van der Waals surface area contributed by atoms with Gasteiger partial charge in [0.25, 0.3) is 0 Å². The third-order valence-corrected chi connectivity index (χ3v) is 4.68. The van der Waals surface area contributed by atoms with E-state index in [4.69, 9.17) is 5.73 Å². The predicted octanol–water partition coefficient (Wildman–Crippen LogP) is 3.50. The molecule has 0 atom stereocenters. The van der Waals surface area contributed by atoms with E-state index in [1.165, 1.54) is 4.90 Å². The quantitative estimate of drug-likeness (QED) is 0.710. The second-order valence-electron chi connectivity index (χ2n) is 7.71. The number of amides is 2. The molecule has 0 radical (unpaired) electrons. The Kier molecular flexibility index (Phi) is 6.22. The fraction of sp³-hybridized carbons (Fsp3) is 0.556. The number of likely N-dealkylation sites (tertiary alicyclic amines) is 1. The maximum absolute atomic E-state index is 12.9. The van der Waals surface area contributed by atoms with Crippen LogP contribution in [0, 0.1) is 11.3 Å². The number of benzene rings is 1. The van der Waals surface area contributed by atoms with Crippen LogP contribution in [0.15, 0.2) is 18.2 Å². The van der Waals surface area contributed by atoms with Crippen molar-refractivity contribution >= 4 is 17.5 Å². The first-order valence-corrected chi connectivity index (χ1v) is 8.72. The summed E-state index contributed by atoms with van der Waals surface area (Å²) in [4.78, 5) is 25.8. The number of halogens is 6. The molecular formula is C18H21F6N3O2. The number of nitrogens with one attached hydrogen (secondary N) is 1. The van der Waals surface area contributed by atoms with Crippen molar-refractivity contribution in [3.8, 4) is 0 Å². The van der Waals surface area contributed by atoms with E-state index < -0.39 is 40.5 Å². The van der Waals surface area contributed by atoms with Crippen LogP contribution in [-0.2, 0) is 21.9 Å². The summed E-state index contributed by atoms with van der Waals surface area (Å²) in [5.41, 5.74) is 1.18. The van der Waals surface area contributed by atoms with E-state index in [1.54, 1.807) is 13.8 Å². The average Bonchev–Trinajstić information content (AvgIpc) is 2.55. The van der Waals surface area contributed by atoms with Gasteiger partial charge in [0.1, 0.15) is 0 Å². The molecule has 1 aromatic carbocycles. The van der Waals surface area contributed by atoms with Crippen LogP contribution in [0.3, 0.4) is 0 Å². The molecule has 0 aromatic heterocycles. The second kappa shape index (κ2) is 7.85. The summed E-state index contributed by atoms with van der Waals surface area (Å²) >= 11 is 0. The van der Waals surface area contributed by atoms with Crippen molar-refractivity contribution in [1.82, 2.24) is 4.90 Å². The molecule has 0 spiro atoms. The first kappa shape index (κ1) is 23.0. The number of nitrogens with two attached hydrogens (primary N) is 1. The fourth-order valence-electron chi connectivity index (χ4n) is 2.88. The molecule has 5 nitrogen and oxygen atoms in total. The van der Waals surface area contributed by atoms with Crippen LogP contribution in [0.4, 0.5) is 32.0 Å². The minimum absolute atomic E-state index is 0.00965. The highest BCUT2D eigenvalue weighted by atomic mass is 19.4. The molecular weight excluding hydrogens is 404 g/mol. The van der Waals surface area contributed by atoms with Crippen molar-refractivity contribution in [3.05, 3.63) is 29.3 Å². The van der Waals surface area contributed by atoms with Crippen molar-refractivity contribution in [2.24, 2.45) is 17.1 Å². The van der Waals surface area contributed by atoms with Gasteiger partial charge in [-0.25, -0.2) is 0 Å². The molecule has 0 unspecified atom stereocenters. The Morgan fingerprint density at radius 2 is 1.52 bits per heavy atom. The Bertz CT molecular complexity index is 751. The van der Waals surface area contributed by atoms with Gasteiger partial charge in [-0.2, -0.15) is 26.3 Å². The Morgan fingerprint density at radius 3 is 1.93 bits per heavy atom. The lowest BCUT2D eigenvalue weighted by Gasteiger charge is -2.42. The fourth-order valence-corrected chi connectivity index (χ4v) is 2.88. The Morgan fingerprint density at radius 1 is 1.03 bits per heavy atom. The molecule has 162 valence electrons. The maximum atomic E-state index is 12.9. The summed E-state index contributed by atoms with van der Waals surface area (Å²) in [6.45, 7) is 4.05. The Labute approximate surface area is 163 Å². The van der Waals surface area contributed by atoms with Crippen LogP contribution in [-0.4, -0.2) is 36.3 Å². The van der Waals surface area contributed by atoms with E-state index in [9.17, 15) is 35.9 Å². The topological polar surface area (TPSA) is 75.4 Å². The summed E-state index contributed by atoms with van der Waals surface area (Å²) in [7, 11) is 0. The molecule has 0 aliphatic carbocycles. The molecule has 11 heteroatoms. The molecule has 0 bridgehead atoms. The first-order chi connectivity index (χ1) is 13.1. The first-order valence-electron chi connectivity index (χ1n) is 8.72. The lowest BCUT2D eigenvalue weighted by atomic mass is 9.87. The molecule has 2 rings (SSSR count). The van der Waals surface area contributed by atoms with Crippen molar-refractivity contribution in [3.63, 3.8) is 0 Å².